The Morgan fingerprint density at radius 1 is 1.14 bits per heavy atom. The number of anilines is 2. The van der Waals surface area contributed by atoms with E-state index in [1.54, 1.807) is 24.3 Å². The molecule has 0 aliphatic rings. The van der Waals surface area contributed by atoms with Crippen molar-refractivity contribution in [2.24, 2.45) is 0 Å². The predicted molar refractivity (Wildman–Crippen MR) is 86.2 cm³/mol. The Morgan fingerprint density at radius 2 is 1.86 bits per heavy atom. The standard InChI is InChI=1S/C17H17N3O/c1-12-10-13-4-2-3-5-16(13)20(12)11-17(21)19-15-8-6-14(18)7-9-15/h2-10H,11,18H2,1H3,(H,19,21). The van der Waals surface area contributed by atoms with E-state index < -0.39 is 0 Å². The van der Waals surface area contributed by atoms with Crippen LogP contribution in [-0.4, -0.2) is 10.5 Å². The summed E-state index contributed by atoms with van der Waals surface area (Å²) in [6.45, 7) is 2.31. The van der Waals surface area contributed by atoms with Crippen LogP contribution in [-0.2, 0) is 11.3 Å². The second-order valence-corrected chi connectivity index (χ2v) is 5.10. The number of nitrogen functional groups attached to an aromatic ring is 1. The Morgan fingerprint density at radius 3 is 2.62 bits per heavy atom. The average Bonchev–Trinajstić information content (AvgIpc) is 2.78. The normalized spacial score (nSPS) is 10.7. The van der Waals surface area contributed by atoms with Crippen LogP contribution in [0.5, 0.6) is 0 Å². The van der Waals surface area contributed by atoms with Crippen LogP contribution in [0, 0.1) is 6.92 Å². The maximum atomic E-state index is 12.2. The van der Waals surface area contributed by atoms with Gasteiger partial charge in [-0.25, -0.2) is 0 Å². The topological polar surface area (TPSA) is 60.0 Å². The van der Waals surface area contributed by atoms with Crippen LogP contribution in [0.3, 0.4) is 0 Å². The van der Waals surface area contributed by atoms with Gasteiger partial charge in [-0.05, 0) is 48.7 Å². The number of nitrogens with one attached hydrogen (secondary N) is 1. The molecule has 0 aliphatic heterocycles. The number of benzene rings is 2. The van der Waals surface area contributed by atoms with E-state index in [2.05, 4.69) is 17.4 Å². The number of carbonyl (C=O) groups is 1. The first kappa shape index (κ1) is 13.2. The highest BCUT2D eigenvalue weighted by Gasteiger charge is 2.09. The number of amides is 1. The first-order valence-corrected chi connectivity index (χ1v) is 6.84. The van der Waals surface area contributed by atoms with Crippen LogP contribution in [0.4, 0.5) is 11.4 Å². The zero-order chi connectivity index (χ0) is 14.8. The average molecular weight is 279 g/mol. The third-order valence-corrected chi connectivity index (χ3v) is 3.51. The Hall–Kier alpha value is -2.75. The minimum atomic E-state index is -0.0516. The van der Waals surface area contributed by atoms with Gasteiger partial charge < -0.3 is 15.6 Å². The highest BCUT2D eigenvalue weighted by Crippen LogP contribution is 2.19. The molecule has 2 aromatic carbocycles. The molecular weight excluding hydrogens is 262 g/mol. The molecule has 4 nitrogen and oxygen atoms in total. The van der Waals surface area contributed by atoms with Gasteiger partial charge in [-0.3, -0.25) is 4.79 Å². The number of rotatable bonds is 3. The fraction of sp³-hybridized carbons (Fsp3) is 0.118. The first-order chi connectivity index (χ1) is 10.1. The summed E-state index contributed by atoms with van der Waals surface area (Å²) >= 11 is 0. The Labute approximate surface area is 123 Å². The molecule has 0 saturated carbocycles. The van der Waals surface area contributed by atoms with Gasteiger partial charge in [-0.15, -0.1) is 0 Å². The fourth-order valence-electron chi connectivity index (χ4n) is 2.47. The third kappa shape index (κ3) is 2.74. The Balaban J connectivity index is 1.80. The van der Waals surface area contributed by atoms with Gasteiger partial charge in [-0.2, -0.15) is 0 Å². The number of fused-ring (bicyclic) bond motifs is 1. The molecule has 3 N–H and O–H groups in total. The van der Waals surface area contributed by atoms with E-state index in [9.17, 15) is 4.79 Å². The molecule has 1 aromatic heterocycles. The lowest BCUT2D eigenvalue weighted by Crippen LogP contribution is -2.19. The van der Waals surface area contributed by atoms with Gasteiger partial charge in [-0.1, -0.05) is 18.2 Å². The van der Waals surface area contributed by atoms with E-state index in [1.807, 2.05) is 29.7 Å². The fourth-order valence-corrected chi connectivity index (χ4v) is 2.47. The summed E-state index contributed by atoms with van der Waals surface area (Å²) in [6, 6.07) is 17.3. The minimum Gasteiger partial charge on any atom is -0.399 e. The molecule has 3 aromatic rings. The number of aryl methyl sites for hydroxylation is 1. The molecule has 0 fully saturated rings. The molecule has 0 saturated heterocycles. The Bertz CT molecular complexity index is 787. The number of nitrogens with zero attached hydrogens (tertiary/aromatic N) is 1. The van der Waals surface area contributed by atoms with Crippen LogP contribution in [0.2, 0.25) is 0 Å². The van der Waals surface area contributed by atoms with Crippen molar-refractivity contribution >= 4 is 28.2 Å². The van der Waals surface area contributed by atoms with Gasteiger partial charge in [0, 0.05) is 22.6 Å². The van der Waals surface area contributed by atoms with Gasteiger partial charge >= 0.3 is 0 Å². The molecule has 0 bridgehead atoms. The lowest BCUT2D eigenvalue weighted by molar-refractivity contribution is -0.116. The Kier molecular flexibility index (Phi) is 3.36. The van der Waals surface area contributed by atoms with Crippen molar-refractivity contribution in [2.75, 3.05) is 11.1 Å². The zero-order valence-corrected chi connectivity index (χ0v) is 11.8. The molecule has 1 amide bonds. The molecular formula is C17H17N3O. The zero-order valence-electron chi connectivity index (χ0n) is 11.8. The molecule has 4 heteroatoms. The number of hydrogen-bond donors (Lipinski definition) is 2. The van der Waals surface area contributed by atoms with Crippen molar-refractivity contribution in [3.63, 3.8) is 0 Å². The van der Waals surface area contributed by atoms with E-state index in [0.29, 0.717) is 12.2 Å². The summed E-state index contributed by atoms with van der Waals surface area (Å²) in [5.41, 5.74) is 9.21. The second-order valence-electron chi connectivity index (χ2n) is 5.10. The molecule has 21 heavy (non-hydrogen) atoms. The van der Waals surface area contributed by atoms with Crippen molar-refractivity contribution in [1.29, 1.82) is 0 Å². The lowest BCUT2D eigenvalue weighted by Gasteiger charge is -2.09. The first-order valence-electron chi connectivity index (χ1n) is 6.84. The quantitative estimate of drug-likeness (QED) is 0.723. The van der Waals surface area contributed by atoms with Crippen molar-refractivity contribution in [2.45, 2.75) is 13.5 Å². The van der Waals surface area contributed by atoms with E-state index in [0.717, 1.165) is 22.3 Å². The largest absolute Gasteiger partial charge is 0.399 e. The monoisotopic (exact) mass is 279 g/mol. The minimum absolute atomic E-state index is 0.0516. The third-order valence-electron chi connectivity index (χ3n) is 3.51. The molecule has 0 radical (unpaired) electrons. The van der Waals surface area contributed by atoms with E-state index >= 15 is 0 Å². The second kappa shape index (κ2) is 5.32. The molecule has 0 atom stereocenters. The number of para-hydroxylation sites is 1. The lowest BCUT2D eigenvalue weighted by atomic mass is 10.2. The van der Waals surface area contributed by atoms with Gasteiger partial charge in [0.1, 0.15) is 6.54 Å². The molecule has 0 spiro atoms. The van der Waals surface area contributed by atoms with Crippen LogP contribution in [0.15, 0.2) is 54.6 Å². The van der Waals surface area contributed by atoms with Crippen molar-refractivity contribution < 1.29 is 4.79 Å². The molecule has 0 unspecified atom stereocenters. The van der Waals surface area contributed by atoms with E-state index in [1.165, 1.54) is 0 Å². The molecule has 106 valence electrons. The highest BCUT2D eigenvalue weighted by atomic mass is 16.1. The summed E-state index contributed by atoms with van der Waals surface area (Å²) in [6.07, 6.45) is 0. The van der Waals surface area contributed by atoms with Crippen molar-refractivity contribution in [3.8, 4) is 0 Å². The number of nitrogens with two attached hydrogens (primary N) is 1. The molecule has 0 aliphatic carbocycles. The van der Waals surface area contributed by atoms with Crippen molar-refractivity contribution in [1.82, 2.24) is 4.57 Å². The van der Waals surface area contributed by atoms with E-state index in [-0.39, 0.29) is 5.91 Å². The van der Waals surface area contributed by atoms with Gasteiger partial charge in [0.25, 0.3) is 0 Å². The van der Waals surface area contributed by atoms with E-state index in [4.69, 9.17) is 5.73 Å². The number of hydrogen-bond acceptors (Lipinski definition) is 2. The summed E-state index contributed by atoms with van der Waals surface area (Å²) in [7, 11) is 0. The van der Waals surface area contributed by atoms with Gasteiger partial charge in [0.05, 0.1) is 0 Å². The summed E-state index contributed by atoms with van der Waals surface area (Å²) in [4.78, 5) is 12.2. The van der Waals surface area contributed by atoms with Gasteiger partial charge in [0.2, 0.25) is 5.91 Å². The summed E-state index contributed by atoms with van der Waals surface area (Å²) < 4.78 is 2.02. The molecule has 1 heterocycles. The number of aromatic nitrogens is 1. The van der Waals surface area contributed by atoms with Crippen molar-refractivity contribution in [3.05, 3.63) is 60.3 Å². The number of carbonyl (C=O) groups excluding carboxylic acids is 1. The SMILES string of the molecule is Cc1cc2ccccc2n1CC(=O)Nc1ccc(N)cc1. The maximum absolute atomic E-state index is 12.2. The van der Waals surface area contributed by atoms with Crippen LogP contribution in [0.1, 0.15) is 5.69 Å². The highest BCUT2D eigenvalue weighted by molar-refractivity contribution is 5.92. The smallest absolute Gasteiger partial charge is 0.244 e. The summed E-state index contributed by atoms with van der Waals surface area (Å²) in [5, 5.41) is 4.03. The van der Waals surface area contributed by atoms with Crippen LogP contribution < -0.4 is 11.1 Å². The van der Waals surface area contributed by atoms with Crippen LogP contribution in [0.25, 0.3) is 10.9 Å². The van der Waals surface area contributed by atoms with Crippen LogP contribution >= 0.6 is 0 Å². The molecule has 3 rings (SSSR count). The maximum Gasteiger partial charge on any atom is 0.244 e. The summed E-state index contributed by atoms with van der Waals surface area (Å²) in [5.74, 6) is -0.0516. The van der Waals surface area contributed by atoms with Gasteiger partial charge in [0.15, 0.2) is 0 Å². The predicted octanol–water partition coefficient (Wildman–Crippen LogP) is 3.17.